The highest BCUT2D eigenvalue weighted by molar-refractivity contribution is 5.81. The molecular weight excluding hydrogens is 228 g/mol. The number of hydrogen-bond acceptors (Lipinski definition) is 5. The van der Waals surface area contributed by atoms with Crippen molar-refractivity contribution in [3.8, 4) is 0 Å². The Balaban J connectivity index is 3.67. The maximum atomic E-state index is 11.4. The number of aliphatic hydroxyl groups is 1. The number of aliphatic hydroxyl groups excluding tert-OH is 1. The van der Waals surface area contributed by atoms with Gasteiger partial charge < -0.3 is 26.0 Å². The zero-order chi connectivity index (χ0) is 13.3. The van der Waals surface area contributed by atoms with Crippen LogP contribution in [-0.4, -0.2) is 54.5 Å². The van der Waals surface area contributed by atoms with E-state index in [1.807, 2.05) is 0 Å². The lowest BCUT2D eigenvalue weighted by Gasteiger charge is -2.12. The zero-order valence-corrected chi connectivity index (χ0v) is 9.89. The summed E-state index contributed by atoms with van der Waals surface area (Å²) in [6, 6.07) is -0.632. The van der Waals surface area contributed by atoms with E-state index in [0.717, 1.165) is 0 Å². The summed E-state index contributed by atoms with van der Waals surface area (Å²) in [5, 5.41) is 19.8. The second-order valence-electron chi connectivity index (χ2n) is 3.68. The van der Waals surface area contributed by atoms with Crippen molar-refractivity contribution in [2.75, 3.05) is 20.3 Å². The van der Waals surface area contributed by atoms with Crippen molar-refractivity contribution < 1.29 is 24.5 Å². The van der Waals surface area contributed by atoms with Crippen molar-refractivity contribution in [2.45, 2.75) is 31.4 Å². The Morgan fingerprint density at radius 1 is 1.41 bits per heavy atom. The molecule has 0 bridgehead atoms. The van der Waals surface area contributed by atoms with Crippen molar-refractivity contribution in [2.24, 2.45) is 5.73 Å². The Morgan fingerprint density at radius 3 is 2.59 bits per heavy atom. The summed E-state index contributed by atoms with van der Waals surface area (Å²) in [7, 11) is 1.57. The lowest BCUT2D eigenvalue weighted by molar-refractivity contribution is -0.147. The summed E-state index contributed by atoms with van der Waals surface area (Å²) in [6.07, 6.45) is -0.310. The Labute approximate surface area is 99.9 Å². The second kappa shape index (κ2) is 8.91. The van der Waals surface area contributed by atoms with E-state index < -0.39 is 18.1 Å². The molecule has 0 fully saturated rings. The molecule has 2 atom stereocenters. The highest BCUT2D eigenvalue weighted by Gasteiger charge is 2.15. The largest absolute Gasteiger partial charge is 0.479 e. The Morgan fingerprint density at radius 2 is 2.06 bits per heavy atom. The first-order chi connectivity index (χ1) is 7.99. The second-order valence-corrected chi connectivity index (χ2v) is 3.68. The van der Waals surface area contributed by atoms with Gasteiger partial charge in [0.2, 0.25) is 5.91 Å². The minimum absolute atomic E-state index is 0.0358. The topological polar surface area (TPSA) is 122 Å². The lowest BCUT2D eigenvalue weighted by atomic mass is 10.1. The van der Waals surface area contributed by atoms with Gasteiger partial charge in [-0.15, -0.1) is 0 Å². The Bertz CT molecular complexity index is 247. The zero-order valence-electron chi connectivity index (χ0n) is 9.89. The van der Waals surface area contributed by atoms with Gasteiger partial charge in [0, 0.05) is 26.7 Å². The van der Waals surface area contributed by atoms with Gasteiger partial charge >= 0.3 is 5.97 Å². The molecule has 7 heteroatoms. The van der Waals surface area contributed by atoms with Gasteiger partial charge in [-0.2, -0.15) is 0 Å². The van der Waals surface area contributed by atoms with Crippen LogP contribution in [0.25, 0.3) is 0 Å². The van der Waals surface area contributed by atoms with E-state index in [9.17, 15) is 9.59 Å². The van der Waals surface area contributed by atoms with E-state index in [-0.39, 0.29) is 18.9 Å². The van der Waals surface area contributed by atoms with Crippen LogP contribution < -0.4 is 11.1 Å². The number of carboxylic acid groups (broad SMARTS) is 1. The normalized spacial score (nSPS) is 14.1. The van der Waals surface area contributed by atoms with Crippen molar-refractivity contribution in [3.63, 3.8) is 0 Å². The number of rotatable bonds is 9. The number of nitrogens with one attached hydrogen (secondary N) is 1. The third-order valence-corrected chi connectivity index (χ3v) is 2.20. The fourth-order valence-electron chi connectivity index (χ4n) is 1.17. The first kappa shape index (κ1) is 15.8. The van der Waals surface area contributed by atoms with Crippen LogP contribution in [0.15, 0.2) is 0 Å². The number of methoxy groups -OCH3 is 1. The highest BCUT2D eigenvalue weighted by atomic mass is 16.5. The van der Waals surface area contributed by atoms with Gasteiger partial charge in [-0.25, -0.2) is 4.79 Å². The number of amides is 1. The molecule has 17 heavy (non-hydrogen) atoms. The minimum Gasteiger partial charge on any atom is -0.479 e. The highest BCUT2D eigenvalue weighted by Crippen LogP contribution is 1.96. The SMILES string of the molecule is COCCCC(N)C(=O)NCCC(O)C(=O)O. The summed E-state index contributed by atoms with van der Waals surface area (Å²) in [5.74, 6) is -1.65. The fraction of sp³-hybridized carbons (Fsp3) is 0.800. The van der Waals surface area contributed by atoms with Crippen LogP contribution in [0.3, 0.4) is 0 Å². The summed E-state index contributed by atoms with van der Waals surface area (Å²) >= 11 is 0. The van der Waals surface area contributed by atoms with Gasteiger partial charge in [0.15, 0.2) is 6.10 Å². The van der Waals surface area contributed by atoms with Gasteiger partial charge in [0.25, 0.3) is 0 Å². The molecular formula is C10H20N2O5. The molecule has 0 saturated carbocycles. The summed E-state index contributed by atoms with van der Waals surface area (Å²) in [6.45, 7) is 0.628. The predicted molar refractivity (Wildman–Crippen MR) is 60.4 cm³/mol. The van der Waals surface area contributed by atoms with Gasteiger partial charge in [-0.05, 0) is 12.8 Å². The molecule has 0 rings (SSSR count). The average Bonchev–Trinajstić information content (AvgIpc) is 2.28. The fourth-order valence-corrected chi connectivity index (χ4v) is 1.17. The van der Waals surface area contributed by atoms with E-state index in [1.54, 1.807) is 7.11 Å². The molecule has 2 unspecified atom stereocenters. The molecule has 0 aromatic heterocycles. The maximum Gasteiger partial charge on any atom is 0.332 e. The standard InChI is InChI=1S/C10H20N2O5/c1-17-6-2-3-7(11)9(14)12-5-4-8(13)10(15)16/h7-8,13H,2-6,11H2,1H3,(H,12,14)(H,15,16). The predicted octanol–water partition coefficient (Wildman–Crippen LogP) is -1.31. The number of carbonyl (C=O) groups is 2. The van der Waals surface area contributed by atoms with Crippen molar-refractivity contribution in [3.05, 3.63) is 0 Å². The van der Waals surface area contributed by atoms with Crippen LogP contribution in [0.1, 0.15) is 19.3 Å². The molecule has 0 radical (unpaired) electrons. The van der Waals surface area contributed by atoms with Crippen LogP contribution in [0.5, 0.6) is 0 Å². The molecule has 0 spiro atoms. The van der Waals surface area contributed by atoms with Gasteiger partial charge in [0.05, 0.1) is 6.04 Å². The number of carbonyl (C=O) groups excluding carboxylic acids is 1. The summed E-state index contributed by atoms with van der Waals surface area (Å²) in [5.41, 5.74) is 5.59. The van der Waals surface area contributed by atoms with E-state index >= 15 is 0 Å². The monoisotopic (exact) mass is 248 g/mol. The van der Waals surface area contributed by atoms with Crippen molar-refractivity contribution in [1.29, 1.82) is 0 Å². The smallest absolute Gasteiger partial charge is 0.332 e. The molecule has 0 aliphatic carbocycles. The van der Waals surface area contributed by atoms with E-state index in [1.165, 1.54) is 0 Å². The third-order valence-electron chi connectivity index (χ3n) is 2.20. The van der Waals surface area contributed by atoms with Gasteiger partial charge in [-0.3, -0.25) is 4.79 Å². The molecule has 1 amide bonds. The molecule has 0 saturated heterocycles. The van der Waals surface area contributed by atoms with Crippen molar-refractivity contribution in [1.82, 2.24) is 5.32 Å². The third kappa shape index (κ3) is 7.67. The van der Waals surface area contributed by atoms with Crippen LogP contribution in [-0.2, 0) is 14.3 Å². The molecule has 100 valence electrons. The molecule has 5 N–H and O–H groups in total. The molecule has 0 aliphatic heterocycles. The van der Waals surface area contributed by atoms with Gasteiger partial charge in [-0.1, -0.05) is 0 Å². The number of ether oxygens (including phenoxy) is 1. The van der Waals surface area contributed by atoms with Crippen LogP contribution in [0, 0.1) is 0 Å². The van der Waals surface area contributed by atoms with Crippen LogP contribution in [0.2, 0.25) is 0 Å². The first-order valence-corrected chi connectivity index (χ1v) is 5.42. The average molecular weight is 248 g/mol. The molecule has 0 aromatic carbocycles. The van der Waals surface area contributed by atoms with E-state index in [0.29, 0.717) is 19.4 Å². The number of aliphatic carboxylic acids is 1. The lowest BCUT2D eigenvalue weighted by Crippen LogP contribution is -2.42. The van der Waals surface area contributed by atoms with E-state index in [4.69, 9.17) is 20.7 Å². The first-order valence-electron chi connectivity index (χ1n) is 5.42. The number of nitrogens with two attached hydrogens (primary N) is 1. The van der Waals surface area contributed by atoms with Crippen molar-refractivity contribution >= 4 is 11.9 Å². The molecule has 7 nitrogen and oxygen atoms in total. The summed E-state index contributed by atoms with van der Waals surface area (Å²) < 4.78 is 4.83. The molecule has 0 heterocycles. The van der Waals surface area contributed by atoms with Crippen LogP contribution in [0.4, 0.5) is 0 Å². The quantitative estimate of drug-likeness (QED) is 0.376. The maximum absolute atomic E-state index is 11.4. The molecule has 0 aromatic rings. The Hall–Kier alpha value is -1.18. The van der Waals surface area contributed by atoms with Gasteiger partial charge in [0.1, 0.15) is 0 Å². The van der Waals surface area contributed by atoms with E-state index in [2.05, 4.69) is 5.32 Å². The molecule has 0 aliphatic rings. The summed E-state index contributed by atoms with van der Waals surface area (Å²) in [4.78, 5) is 21.7. The minimum atomic E-state index is -1.46. The Kier molecular flexibility index (Phi) is 8.29. The number of hydrogen-bond donors (Lipinski definition) is 4. The van der Waals surface area contributed by atoms with Crippen LogP contribution >= 0.6 is 0 Å². The number of carboxylic acids is 1.